The van der Waals surface area contributed by atoms with Gasteiger partial charge in [-0.2, -0.15) is 9.71 Å². The highest BCUT2D eigenvalue weighted by atomic mass is 32.2. The van der Waals surface area contributed by atoms with Crippen molar-refractivity contribution in [2.24, 2.45) is 17.8 Å². The predicted octanol–water partition coefficient (Wildman–Crippen LogP) is 6.36. The fraction of sp³-hybridized carbons (Fsp3) is 0.529. The molecule has 4 bridgehead atoms. The number of benzene rings is 2. The van der Waals surface area contributed by atoms with Crippen molar-refractivity contribution in [3.05, 3.63) is 65.2 Å². The average Bonchev–Trinajstić information content (AvgIpc) is 2.94. The van der Waals surface area contributed by atoms with Crippen molar-refractivity contribution in [1.29, 1.82) is 0 Å². The van der Waals surface area contributed by atoms with Gasteiger partial charge in [-0.25, -0.2) is 4.98 Å². The lowest BCUT2D eigenvalue weighted by Crippen LogP contribution is -2.46. The van der Waals surface area contributed by atoms with Crippen LogP contribution in [-0.4, -0.2) is 57.9 Å². The molecule has 6 rings (SSSR count). The Labute approximate surface area is 253 Å². The third-order valence-corrected chi connectivity index (χ3v) is 10.3. The molecule has 3 aliphatic heterocycles. The second kappa shape index (κ2) is 12.5. The van der Waals surface area contributed by atoms with Crippen LogP contribution in [0.1, 0.15) is 56.2 Å². The topological polar surface area (TPSA) is 82.6 Å². The van der Waals surface area contributed by atoms with E-state index in [1.54, 1.807) is 0 Å². The Balaban J connectivity index is 1.29. The molecule has 0 saturated carbocycles. The van der Waals surface area contributed by atoms with E-state index < -0.39 is 11.4 Å². The Morgan fingerprint density at radius 1 is 1.02 bits per heavy atom. The first kappa shape index (κ1) is 29.4. The first-order valence-corrected chi connectivity index (χ1v) is 16.6. The number of aromatic nitrogens is 2. The maximum Gasteiger partial charge on any atom is 0.269 e. The van der Waals surface area contributed by atoms with Gasteiger partial charge in [0, 0.05) is 37.2 Å². The summed E-state index contributed by atoms with van der Waals surface area (Å²) in [5.41, 5.74) is 5.29. The van der Waals surface area contributed by atoms with Gasteiger partial charge in [0.15, 0.2) is 4.90 Å². The summed E-state index contributed by atoms with van der Waals surface area (Å²) in [7, 11) is 0. The highest BCUT2D eigenvalue weighted by molar-refractivity contribution is 7.92. The number of likely N-dealkylation sites (tertiary alicyclic amines) is 1. The number of hydrogen-bond donors (Lipinski definition) is 1. The molecule has 2 aromatic carbocycles. The van der Waals surface area contributed by atoms with Crippen molar-refractivity contribution in [2.75, 3.05) is 37.6 Å². The van der Waals surface area contributed by atoms with Crippen LogP contribution < -0.4 is 9.46 Å². The van der Waals surface area contributed by atoms with Gasteiger partial charge in [-0.15, -0.1) is 0 Å². The Kier molecular flexibility index (Phi) is 8.78. The Bertz CT molecular complexity index is 1380. The van der Waals surface area contributed by atoms with E-state index in [4.69, 9.17) is 19.4 Å². The fourth-order valence-corrected chi connectivity index (χ4v) is 8.00. The molecule has 1 aromatic heterocycles. The lowest BCUT2D eigenvalue weighted by Gasteiger charge is -2.42. The minimum Gasteiger partial charge on any atom is -0.588 e. The van der Waals surface area contributed by atoms with E-state index in [1.165, 1.54) is 5.56 Å². The van der Waals surface area contributed by atoms with Crippen LogP contribution in [0.2, 0.25) is 0 Å². The molecular formula is C34H44N4O3S. The minimum atomic E-state index is -1.49. The number of fused-ring (bicyclic) bond motifs is 5. The molecular weight excluding hydrogens is 544 g/mol. The van der Waals surface area contributed by atoms with E-state index in [0.717, 1.165) is 85.6 Å². The molecule has 0 amide bonds. The average molecular weight is 589 g/mol. The molecule has 4 heterocycles. The van der Waals surface area contributed by atoms with Crippen LogP contribution in [0, 0.1) is 31.6 Å². The van der Waals surface area contributed by atoms with Gasteiger partial charge in [0.05, 0.1) is 17.9 Å². The molecule has 0 spiro atoms. The Morgan fingerprint density at radius 3 is 2.64 bits per heavy atom. The standard InChI is InChI=1S/C34H44N4O3S/c1-23-7-5-8-24(2)32(23)30-18-31-36-33(35-30)37-42(39)29-10-6-9-25(17-29)11-12-27-13-15-38(21-28(27)22-40-31)20-26-14-16-41-34(3,4)19-26/h5-10,17-18,26-28H,11-16,19-22H2,1-4H3,(H,35,36,37)/t26?,27?,28-,42?/m1/s1. The quantitative estimate of drug-likeness (QED) is 0.356. The lowest BCUT2D eigenvalue weighted by molar-refractivity contribution is -0.0794. The van der Waals surface area contributed by atoms with E-state index in [9.17, 15) is 4.55 Å². The summed E-state index contributed by atoms with van der Waals surface area (Å²) in [6, 6.07) is 16.3. The molecule has 3 unspecified atom stereocenters. The van der Waals surface area contributed by atoms with Crippen LogP contribution in [0.15, 0.2) is 53.4 Å². The minimum absolute atomic E-state index is 0.0289. The summed E-state index contributed by atoms with van der Waals surface area (Å²) >= 11 is -1.49. The molecule has 4 atom stereocenters. The molecule has 8 heteroatoms. The molecule has 2 saturated heterocycles. The summed E-state index contributed by atoms with van der Waals surface area (Å²) in [5.74, 6) is 2.47. The van der Waals surface area contributed by atoms with Gasteiger partial charge in [0.2, 0.25) is 5.88 Å². The van der Waals surface area contributed by atoms with Crippen molar-refractivity contribution >= 4 is 17.3 Å². The number of anilines is 1. The third-order valence-electron chi connectivity index (χ3n) is 9.28. The first-order valence-electron chi connectivity index (χ1n) is 15.4. The van der Waals surface area contributed by atoms with E-state index in [1.807, 2.05) is 18.2 Å². The van der Waals surface area contributed by atoms with Gasteiger partial charge in [0.25, 0.3) is 5.95 Å². The van der Waals surface area contributed by atoms with Gasteiger partial charge < -0.3 is 18.9 Å². The van der Waals surface area contributed by atoms with Gasteiger partial charge in [-0.3, -0.25) is 0 Å². The molecule has 0 radical (unpaired) electrons. The highest BCUT2D eigenvalue weighted by Gasteiger charge is 2.34. The zero-order valence-corrected chi connectivity index (χ0v) is 26.2. The van der Waals surface area contributed by atoms with Crippen LogP contribution in [-0.2, 0) is 22.5 Å². The van der Waals surface area contributed by atoms with E-state index >= 15 is 0 Å². The molecule has 42 heavy (non-hydrogen) atoms. The number of aryl methyl sites for hydroxylation is 3. The predicted molar refractivity (Wildman–Crippen MR) is 168 cm³/mol. The maximum absolute atomic E-state index is 13.4. The van der Waals surface area contributed by atoms with E-state index in [0.29, 0.717) is 36.2 Å². The zero-order chi connectivity index (χ0) is 29.3. The van der Waals surface area contributed by atoms with Crippen molar-refractivity contribution in [3.8, 4) is 17.1 Å². The van der Waals surface area contributed by atoms with Crippen LogP contribution >= 0.6 is 0 Å². The smallest absolute Gasteiger partial charge is 0.269 e. The van der Waals surface area contributed by atoms with Gasteiger partial charge in [0.1, 0.15) is 11.4 Å². The van der Waals surface area contributed by atoms with Crippen molar-refractivity contribution in [1.82, 2.24) is 14.9 Å². The lowest BCUT2D eigenvalue weighted by atomic mass is 9.81. The number of rotatable bonds is 3. The first-order chi connectivity index (χ1) is 20.2. The zero-order valence-electron chi connectivity index (χ0n) is 25.4. The molecule has 224 valence electrons. The van der Waals surface area contributed by atoms with E-state index in [-0.39, 0.29) is 5.60 Å². The maximum atomic E-state index is 13.4. The number of nitrogens with one attached hydrogen (secondary N) is 1. The van der Waals surface area contributed by atoms with Gasteiger partial charge >= 0.3 is 0 Å². The van der Waals surface area contributed by atoms with Crippen LogP contribution in [0.4, 0.5) is 5.95 Å². The summed E-state index contributed by atoms with van der Waals surface area (Å²) in [6.07, 6.45) is 5.48. The second-order valence-electron chi connectivity index (χ2n) is 13.1. The SMILES string of the molecule is Cc1cccc(C)c1-c1cc2nc(n1)N[S+]([O-])c1cccc(c1)CCC1CCN(CC3CCOC(C)(C)C3)C[C@@H]1CO2. The van der Waals surface area contributed by atoms with Gasteiger partial charge in [-0.1, -0.05) is 30.3 Å². The normalized spacial score (nSPS) is 26.3. The van der Waals surface area contributed by atoms with Crippen molar-refractivity contribution in [2.45, 2.75) is 70.3 Å². The molecule has 3 aromatic rings. The summed E-state index contributed by atoms with van der Waals surface area (Å²) in [4.78, 5) is 12.9. The summed E-state index contributed by atoms with van der Waals surface area (Å²) in [5, 5.41) is 0. The van der Waals surface area contributed by atoms with Crippen LogP contribution in [0.5, 0.6) is 5.88 Å². The molecule has 3 aliphatic rings. The van der Waals surface area contributed by atoms with Gasteiger partial charge in [-0.05, 0) is 107 Å². The fourth-order valence-electron chi connectivity index (χ4n) is 7.16. The van der Waals surface area contributed by atoms with Crippen LogP contribution in [0.25, 0.3) is 11.3 Å². The number of ether oxygens (including phenoxy) is 2. The molecule has 1 N–H and O–H groups in total. The largest absolute Gasteiger partial charge is 0.588 e. The van der Waals surface area contributed by atoms with E-state index in [2.05, 4.69) is 67.6 Å². The second-order valence-corrected chi connectivity index (χ2v) is 14.3. The summed E-state index contributed by atoms with van der Waals surface area (Å²) < 4.78 is 28.9. The molecule has 0 aliphatic carbocycles. The Hall–Kier alpha value is -2.65. The monoisotopic (exact) mass is 588 g/mol. The highest BCUT2D eigenvalue weighted by Crippen LogP contribution is 2.34. The number of nitrogens with zero attached hydrogens (tertiary/aromatic N) is 3. The Morgan fingerprint density at radius 2 is 1.83 bits per heavy atom. The molecule has 7 nitrogen and oxygen atoms in total. The van der Waals surface area contributed by atoms with Crippen LogP contribution in [0.3, 0.4) is 0 Å². The molecule has 2 fully saturated rings. The van der Waals surface area contributed by atoms with Crippen molar-refractivity contribution in [3.63, 3.8) is 0 Å². The number of hydrogen-bond acceptors (Lipinski definition) is 7. The summed E-state index contributed by atoms with van der Waals surface area (Å²) in [6.45, 7) is 13.4. The third kappa shape index (κ3) is 6.94. The van der Waals surface area contributed by atoms with Crippen molar-refractivity contribution < 1.29 is 14.0 Å². The number of piperidine rings is 1.